The fourth-order valence-corrected chi connectivity index (χ4v) is 2.65. The van der Waals surface area contributed by atoms with E-state index in [4.69, 9.17) is 4.74 Å². The molecule has 2 rings (SSSR count). The smallest absolute Gasteiger partial charge is 0.412 e. The highest BCUT2D eigenvalue weighted by Crippen LogP contribution is 2.28. The van der Waals surface area contributed by atoms with Crippen LogP contribution < -0.4 is 9.64 Å². The number of aldehydes is 1. The monoisotopic (exact) mass is 342 g/mol. The van der Waals surface area contributed by atoms with Gasteiger partial charge in [-0.05, 0) is 63.1 Å². The molecule has 0 saturated heterocycles. The molecule has 1 N–H and O–H groups in total. The molecular formula is C19H22N2O4. The van der Waals surface area contributed by atoms with Gasteiger partial charge in [-0.25, -0.2) is 4.79 Å². The minimum Gasteiger partial charge on any atom is -0.495 e. The third kappa shape index (κ3) is 4.56. The standard InChI is InChI=1S/C19H22N2O4/c1-19(2,11-10-15-6-9-17(25-3)12-20-15)21(18(23)24)16-7-4-14(13-22)5-8-16/h4-9,12-13H,10-11H2,1-3H3,(H,23,24). The lowest BCUT2D eigenvalue weighted by atomic mass is 9.94. The second-order valence-electron chi connectivity index (χ2n) is 6.33. The first kappa shape index (κ1) is 18.4. The first-order chi connectivity index (χ1) is 11.9. The first-order valence-electron chi connectivity index (χ1n) is 7.94. The van der Waals surface area contributed by atoms with E-state index in [9.17, 15) is 14.7 Å². The summed E-state index contributed by atoms with van der Waals surface area (Å²) in [5, 5.41) is 9.68. The van der Waals surface area contributed by atoms with Crippen LogP contribution in [0.3, 0.4) is 0 Å². The van der Waals surface area contributed by atoms with E-state index in [0.717, 1.165) is 12.0 Å². The number of hydrogen-bond acceptors (Lipinski definition) is 4. The van der Waals surface area contributed by atoms with Crippen LogP contribution in [0.4, 0.5) is 10.5 Å². The summed E-state index contributed by atoms with van der Waals surface area (Å²) in [5.74, 6) is 0.686. The van der Waals surface area contributed by atoms with Crippen molar-refractivity contribution in [3.63, 3.8) is 0 Å². The Hall–Kier alpha value is -2.89. The van der Waals surface area contributed by atoms with Crippen LogP contribution in [0.5, 0.6) is 5.75 Å². The zero-order valence-electron chi connectivity index (χ0n) is 14.6. The molecule has 6 heteroatoms. The Morgan fingerprint density at radius 2 is 1.92 bits per heavy atom. The van der Waals surface area contributed by atoms with Crippen LogP contribution in [0.1, 0.15) is 36.3 Å². The number of carbonyl (C=O) groups is 2. The van der Waals surface area contributed by atoms with Crippen LogP contribution in [0.25, 0.3) is 0 Å². The fraction of sp³-hybridized carbons (Fsp3) is 0.316. The zero-order chi connectivity index (χ0) is 18.4. The van der Waals surface area contributed by atoms with E-state index >= 15 is 0 Å². The Morgan fingerprint density at radius 3 is 2.40 bits per heavy atom. The summed E-state index contributed by atoms with van der Waals surface area (Å²) in [5.41, 5.74) is 1.27. The number of amides is 1. The van der Waals surface area contributed by atoms with Gasteiger partial charge in [-0.2, -0.15) is 0 Å². The molecule has 0 aliphatic carbocycles. The van der Waals surface area contributed by atoms with Gasteiger partial charge in [0, 0.05) is 22.5 Å². The van der Waals surface area contributed by atoms with Gasteiger partial charge in [0.2, 0.25) is 0 Å². The number of carboxylic acid groups (broad SMARTS) is 1. The molecule has 0 saturated carbocycles. The molecule has 1 aromatic heterocycles. The summed E-state index contributed by atoms with van der Waals surface area (Å²) in [6, 6.07) is 10.2. The van der Waals surface area contributed by atoms with Crippen LogP contribution in [0, 0.1) is 0 Å². The van der Waals surface area contributed by atoms with Crippen LogP contribution >= 0.6 is 0 Å². The van der Waals surface area contributed by atoms with Crippen LogP contribution in [0.2, 0.25) is 0 Å². The predicted molar refractivity (Wildman–Crippen MR) is 95.5 cm³/mol. The first-order valence-corrected chi connectivity index (χ1v) is 7.94. The van der Waals surface area contributed by atoms with Gasteiger partial charge in [0.1, 0.15) is 12.0 Å². The van der Waals surface area contributed by atoms with Crippen LogP contribution in [-0.4, -0.2) is 35.1 Å². The number of hydrogen-bond donors (Lipinski definition) is 1. The van der Waals surface area contributed by atoms with Crippen molar-refractivity contribution < 1.29 is 19.4 Å². The van der Waals surface area contributed by atoms with Crippen molar-refractivity contribution in [3.05, 3.63) is 53.9 Å². The van der Waals surface area contributed by atoms with Gasteiger partial charge in [-0.3, -0.25) is 14.7 Å². The van der Waals surface area contributed by atoms with Crippen molar-refractivity contribution in [2.45, 2.75) is 32.2 Å². The molecule has 0 aliphatic heterocycles. The number of methoxy groups -OCH3 is 1. The molecule has 25 heavy (non-hydrogen) atoms. The Kier molecular flexibility index (Phi) is 5.75. The molecule has 0 radical (unpaired) electrons. The number of rotatable bonds is 7. The van der Waals surface area contributed by atoms with E-state index in [-0.39, 0.29) is 0 Å². The van der Waals surface area contributed by atoms with Crippen LogP contribution in [0.15, 0.2) is 42.6 Å². The van der Waals surface area contributed by atoms with E-state index in [0.29, 0.717) is 29.8 Å². The van der Waals surface area contributed by atoms with Gasteiger partial charge in [0.15, 0.2) is 0 Å². The molecule has 0 atom stereocenters. The number of benzene rings is 1. The van der Waals surface area contributed by atoms with Crippen molar-refractivity contribution in [2.24, 2.45) is 0 Å². The molecular weight excluding hydrogens is 320 g/mol. The van der Waals surface area contributed by atoms with Gasteiger partial charge in [0.05, 0.1) is 13.3 Å². The maximum absolute atomic E-state index is 11.8. The summed E-state index contributed by atoms with van der Waals surface area (Å²) in [4.78, 5) is 28.2. The lowest BCUT2D eigenvalue weighted by Crippen LogP contribution is -2.47. The molecule has 1 heterocycles. The molecule has 0 fully saturated rings. The largest absolute Gasteiger partial charge is 0.495 e. The minimum atomic E-state index is -1.04. The number of nitrogens with zero attached hydrogens (tertiary/aromatic N) is 2. The van der Waals surface area contributed by atoms with Gasteiger partial charge in [0.25, 0.3) is 0 Å². The van der Waals surface area contributed by atoms with E-state index in [2.05, 4.69) is 4.98 Å². The van der Waals surface area contributed by atoms with Gasteiger partial charge in [-0.15, -0.1) is 0 Å². The number of aryl methyl sites for hydroxylation is 1. The number of carbonyl (C=O) groups excluding carboxylic acids is 1. The van der Waals surface area contributed by atoms with E-state index in [1.165, 1.54) is 4.90 Å². The summed E-state index contributed by atoms with van der Waals surface area (Å²) >= 11 is 0. The zero-order valence-corrected chi connectivity index (χ0v) is 14.6. The lowest BCUT2D eigenvalue weighted by Gasteiger charge is -2.36. The molecule has 2 aromatic rings. The fourth-order valence-electron chi connectivity index (χ4n) is 2.65. The summed E-state index contributed by atoms with van der Waals surface area (Å²) in [7, 11) is 1.58. The molecule has 0 unspecified atom stereocenters. The SMILES string of the molecule is COc1ccc(CCC(C)(C)N(C(=O)O)c2ccc(C=O)cc2)nc1. The Balaban J connectivity index is 2.16. The molecule has 6 nitrogen and oxygen atoms in total. The second-order valence-corrected chi connectivity index (χ2v) is 6.33. The summed E-state index contributed by atoms with van der Waals surface area (Å²) in [6.07, 6.45) is 2.57. The number of aromatic nitrogens is 1. The lowest BCUT2D eigenvalue weighted by molar-refractivity contribution is 0.112. The maximum atomic E-state index is 11.8. The normalized spacial score (nSPS) is 11.0. The van der Waals surface area contributed by atoms with Crippen molar-refractivity contribution in [3.8, 4) is 5.75 Å². The predicted octanol–water partition coefficient (Wildman–Crippen LogP) is 3.80. The molecule has 0 aliphatic rings. The highest BCUT2D eigenvalue weighted by Gasteiger charge is 2.32. The number of pyridine rings is 1. The maximum Gasteiger partial charge on any atom is 0.412 e. The molecule has 0 spiro atoms. The van der Waals surface area contributed by atoms with E-state index in [1.807, 2.05) is 26.0 Å². The third-order valence-corrected chi connectivity index (χ3v) is 4.11. The van der Waals surface area contributed by atoms with Crippen molar-refractivity contribution in [1.29, 1.82) is 0 Å². The molecule has 1 amide bonds. The quantitative estimate of drug-likeness (QED) is 0.774. The van der Waals surface area contributed by atoms with Crippen LogP contribution in [-0.2, 0) is 6.42 Å². The van der Waals surface area contributed by atoms with Gasteiger partial charge >= 0.3 is 6.09 Å². The Morgan fingerprint density at radius 1 is 1.24 bits per heavy atom. The van der Waals surface area contributed by atoms with Gasteiger partial charge < -0.3 is 9.84 Å². The van der Waals surface area contributed by atoms with Crippen molar-refractivity contribution in [1.82, 2.24) is 4.98 Å². The van der Waals surface area contributed by atoms with Crippen molar-refractivity contribution >= 4 is 18.1 Å². The van der Waals surface area contributed by atoms with Crippen molar-refractivity contribution in [2.75, 3.05) is 12.0 Å². The van der Waals surface area contributed by atoms with E-state index < -0.39 is 11.6 Å². The molecule has 1 aromatic carbocycles. The second kappa shape index (κ2) is 7.79. The Labute approximate surface area is 147 Å². The molecule has 0 bridgehead atoms. The Bertz CT molecular complexity index is 724. The third-order valence-electron chi connectivity index (χ3n) is 4.11. The highest BCUT2D eigenvalue weighted by molar-refractivity contribution is 5.88. The van der Waals surface area contributed by atoms with Gasteiger partial charge in [-0.1, -0.05) is 0 Å². The number of anilines is 1. The average Bonchev–Trinajstić information content (AvgIpc) is 2.60. The molecule has 132 valence electrons. The number of ether oxygens (including phenoxy) is 1. The average molecular weight is 342 g/mol. The summed E-state index contributed by atoms with van der Waals surface area (Å²) < 4.78 is 5.09. The minimum absolute atomic E-state index is 0.509. The summed E-state index contributed by atoms with van der Waals surface area (Å²) in [6.45, 7) is 3.75. The van der Waals surface area contributed by atoms with E-state index in [1.54, 1.807) is 37.6 Å². The topological polar surface area (TPSA) is 79.7 Å². The highest BCUT2D eigenvalue weighted by atomic mass is 16.5.